The van der Waals surface area contributed by atoms with E-state index in [0.29, 0.717) is 37.8 Å². The van der Waals surface area contributed by atoms with E-state index in [2.05, 4.69) is 20.8 Å². The van der Waals surface area contributed by atoms with Gasteiger partial charge in [0.2, 0.25) is 0 Å². The topological polar surface area (TPSA) is 104 Å². The molecule has 1 heterocycles. The van der Waals surface area contributed by atoms with Gasteiger partial charge in [-0.2, -0.15) is 4.68 Å². The number of benzene rings is 2. The first-order valence-corrected chi connectivity index (χ1v) is 8.89. The van der Waals surface area contributed by atoms with Gasteiger partial charge in [-0.1, -0.05) is 29.4 Å². The standard InChI is InChI=1S/C19H23N5O4/c1-26-18-13-15(14-20-9-11-27-12-10-25)7-8-17(18)28-19-21-22-23-24(19)16-5-3-2-4-6-16/h2-8,13,20,25H,9-12,14H2,1H3. The molecule has 148 valence electrons. The van der Waals surface area contributed by atoms with Crippen molar-refractivity contribution in [3.63, 3.8) is 0 Å². The Morgan fingerprint density at radius 3 is 2.71 bits per heavy atom. The van der Waals surface area contributed by atoms with E-state index >= 15 is 0 Å². The summed E-state index contributed by atoms with van der Waals surface area (Å²) in [4.78, 5) is 0. The van der Waals surface area contributed by atoms with Gasteiger partial charge in [0.15, 0.2) is 11.5 Å². The second kappa shape index (κ2) is 10.4. The molecule has 0 atom stereocenters. The molecule has 3 rings (SSSR count). The molecule has 0 aliphatic rings. The van der Waals surface area contributed by atoms with Gasteiger partial charge in [0.25, 0.3) is 0 Å². The number of rotatable bonds is 11. The highest BCUT2D eigenvalue weighted by Gasteiger charge is 2.14. The van der Waals surface area contributed by atoms with Gasteiger partial charge in [-0.15, -0.1) is 0 Å². The summed E-state index contributed by atoms with van der Waals surface area (Å²) in [5.41, 5.74) is 1.83. The van der Waals surface area contributed by atoms with Crippen molar-refractivity contribution in [2.75, 3.05) is 33.5 Å². The molecular weight excluding hydrogens is 362 g/mol. The summed E-state index contributed by atoms with van der Waals surface area (Å²) in [6, 6.07) is 15.4. The Morgan fingerprint density at radius 2 is 1.93 bits per heavy atom. The molecule has 9 nitrogen and oxygen atoms in total. The maximum atomic E-state index is 8.67. The van der Waals surface area contributed by atoms with Crippen LogP contribution in [-0.2, 0) is 11.3 Å². The third kappa shape index (κ3) is 5.26. The average Bonchev–Trinajstić information content (AvgIpc) is 3.20. The smallest absolute Gasteiger partial charge is 0.346 e. The molecule has 0 spiro atoms. The number of nitrogens with one attached hydrogen (secondary N) is 1. The first kappa shape index (κ1) is 19.7. The van der Waals surface area contributed by atoms with E-state index < -0.39 is 0 Å². The van der Waals surface area contributed by atoms with Crippen LogP contribution in [0.15, 0.2) is 48.5 Å². The molecule has 0 fully saturated rings. The van der Waals surface area contributed by atoms with Crippen LogP contribution < -0.4 is 14.8 Å². The Kier molecular flexibility index (Phi) is 7.30. The maximum absolute atomic E-state index is 8.67. The number of hydrogen-bond acceptors (Lipinski definition) is 8. The van der Waals surface area contributed by atoms with Gasteiger partial charge in [0.05, 0.1) is 32.6 Å². The molecule has 0 aliphatic carbocycles. The van der Waals surface area contributed by atoms with Gasteiger partial charge >= 0.3 is 6.01 Å². The predicted molar refractivity (Wildman–Crippen MR) is 102 cm³/mol. The zero-order valence-corrected chi connectivity index (χ0v) is 15.6. The Hall–Kier alpha value is -3.01. The van der Waals surface area contributed by atoms with Gasteiger partial charge < -0.3 is 24.6 Å². The van der Waals surface area contributed by atoms with E-state index in [4.69, 9.17) is 19.3 Å². The molecule has 0 saturated heterocycles. The minimum absolute atomic E-state index is 0.0339. The normalized spacial score (nSPS) is 10.8. The fourth-order valence-electron chi connectivity index (χ4n) is 2.52. The molecule has 9 heteroatoms. The number of tetrazole rings is 1. The molecule has 2 N–H and O–H groups in total. The van der Waals surface area contributed by atoms with E-state index in [1.165, 1.54) is 4.68 Å². The van der Waals surface area contributed by atoms with Crippen LogP contribution in [-0.4, -0.2) is 58.8 Å². The van der Waals surface area contributed by atoms with E-state index in [9.17, 15) is 0 Å². The van der Waals surface area contributed by atoms with Gasteiger partial charge in [-0.25, -0.2) is 0 Å². The van der Waals surface area contributed by atoms with Crippen molar-refractivity contribution in [2.24, 2.45) is 0 Å². The molecule has 2 aromatic carbocycles. The molecule has 0 amide bonds. The summed E-state index contributed by atoms with van der Waals surface area (Å²) < 4.78 is 18.1. The van der Waals surface area contributed by atoms with Crippen LogP contribution in [0.25, 0.3) is 5.69 Å². The van der Waals surface area contributed by atoms with E-state index in [-0.39, 0.29) is 12.6 Å². The van der Waals surface area contributed by atoms with Crippen molar-refractivity contribution in [3.05, 3.63) is 54.1 Å². The molecule has 0 unspecified atom stereocenters. The predicted octanol–water partition coefficient (Wildman–Crippen LogP) is 1.56. The molecule has 0 bridgehead atoms. The number of aromatic nitrogens is 4. The Labute approximate surface area is 162 Å². The monoisotopic (exact) mass is 385 g/mol. The molecule has 0 saturated carbocycles. The lowest BCUT2D eigenvalue weighted by molar-refractivity contribution is 0.0938. The van der Waals surface area contributed by atoms with Crippen molar-refractivity contribution in [2.45, 2.75) is 6.54 Å². The zero-order chi connectivity index (χ0) is 19.6. The quantitative estimate of drug-likeness (QED) is 0.479. The van der Waals surface area contributed by atoms with Crippen LogP contribution in [0.1, 0.15) is 5.56 Å². The van der Waals surface area contributed by atoms with Crippen LogP contribution in [0, 0.1) is 0 Å². The molecule has 0 radical (unpaired) electrons. The van der Waals surface area contributed by atoms with Crippen LogP contribution in [0.4, 0.5) is 0 Å². The Bertz CT molecular complexity index is 857. The summed E-state index contributed by atoms with van der Waals surface area (Å²) in [5, 5.41) is 23.6. The molecule has 1 aromatic heterocycles. The number of aliphatic hydroxyl groups is 1. The van der Waals surface area contributed by atoms with Crippen LogP contribution in [0.2, 0.25) is 0 Å². The first-order chi connectivity index (χ1) is 13.8. The van der Waals surface area contributed by atoms with E-state index in [1.807, 2.05) is 48.5 Å². The Morgan fingerprint density at radius 1 is 1.07 bits per heavy atom. The lowest BCUT2D eigenvalue weighted by atomic mass is 10.2. The van der Waals surface area contributed by atoms with Crippen molar-refractivity contribution >= 4 is 0 Å². The highest BCUT2D eigenvalue weighted by atomic mass is 16.5. The van der Waals surface area contributed by atoms with E-state index in [1.54, 1.807) is 7.11 Å². The summed E-state index contributed by atoms with van der Waals surface area (Å²) in [6.07, 6.45) is 0. The third-order valence-corrected chi connectivity index (χ3v) is 3.86. The van der Waals surface area contributed by atoms with Crippen molar-refractivity contribution in [3.8, 4) is 23.2 Å². The lowest BCUT2D eigenvalue weighted by Crippen LogP contribution is -2.20. The highest BCUT2D eigenvalue weighted by Crippen LogP contribution is 2.32. The molecule has 3 aromatic rings. The lowest BCUT2D eigenvalue weighted by Gasteiger charge is -2.12. The minimum atomic E-state index is 0.0339. The number of hydrogen-bond donors (Lipinski definition) is 2. The fourth-order valence-corrected chi connectivity index (χ4v) is 2.52. The molecule has 0 aliphatic heterocycles. The van der Waals surface area contributed by atoms with Crippen molar-refractivity contribution in [1.29, 1.82) is 0 Å². The zero-order valence-electron chi connectivity index (χ0n) is 15.6. The maximum Gasteiger partial charge on any atom is 0.346 e. The van der Waals surface area contributed by atoms with Crippen molar-refractivity contribution < 1.29 is 19.3 Å². The van der Waals surface area contributed by atoms with Crippen LogP contribution in [0.5, 0.6) is 17.5 Å². The van der Waals surface area contributed by atoms with Gasteiger partial charge in [-0.05, 0) is 40.3 Å². The number of aliphatic hydroxyl groups excluding tert-OH is 1. The average molecular weight is 385 g/mol. The van der Waals surface area contributed by atoms with Crippen LogP contribution in [0.3, 0.4) is 0 Å². The summed E-state index contributed by atoms with van der Waals surface area (Å²) in [5.74, 6) is 1.10. The van der Waals surface area contributed by atoms with Gasteiger partial charge in [0, 0.05) is 13.1 Å². The number of para-hydroxylation sites is 1. The van der Waals surface area contributed by atoms with Crippen molar-refractivity contribution in [1.82, 2.24) is 25.5 Å². The Balaban J connectivity index is 1.65. The van der Waals surface area contributed by atoms with E-state index in [0.717, 1.165) is 11.3 Å². The first-order valence-electron chi connectivity index (χ1n) is 8.89. The largest absolute Gasteiger partial charge is 0.493 e. The second-order valence-electron chi connectivity index (χ2n) is 5.81. The fraction of sp³-hybridized carbons (Fsp3) is 0.316. The summed E-state index contributed by atoms with van der Waals surface area (Å²) in [7, 11) is 1.59. The summed E-state index contributed by atoms with van der Waals surface area (Å²) >= 11 is 0. The number of methoxy groups -OCH3 is 1. The SMILES string of the molecule is COc1cc(CNCCOCCO)ccc1Oc1nnnn1-c1ccccc1. The minimum Gasteiger partial charge on any atom is -0.493 e. The highest BCUT2D eigenvalue weighted by molar-refractivity contribution is 5.44. The third-order valence-electron chi connectivity index (χ3n) is 3.86. The second-order valence-corrected chi connectivity index (χ2v) is 5.81. The number of nitrogens with zero attached hydrogens (tertiary/aromatic N) is 4. The van der Waals surface area contributed by atoms with Gasteiger partial charge in [-0.3, -0.25) is 0 Å². The van der Waals surface area contributed by atoms with Crippen LogP contribution >= 0.6 is 0 Å². The summed E-state index contributed by atoms with van der Waals surface area (Å²) in [6.45, 7) is 2.27. The van der Waals surface area contributed by atoms with Gasteiger partial charge in [0.1, 0.15) is 0 Å². The molecule has 28 heavy (non-hydrogen) atoms. The number of ether oxygens (including phenoxy) is 3. The molecular formula is C19H23N5O4.